The van der Waals surface area contributed by atoms with Crippen LogP contribution in [-0.4, -0.2) is 27.3 Å². The van der Waals surface area contributed by atoms with E-state index >= 15 is 0 Å². The Bertz CT molecular complexity index is 533. The van der Waals surface area contributed by atoms with E-state index in [1.165, 1.54) is 6.33 Å². The predicted octanol–water partition coefficient (Wildman–Crippen LogP) is 2.79. The van der Waals surface area contributed by atoms with Crippen LogP contribution < -0.4 is 5.32 Å². The molecule has 0 unspecified atom stereocenters. The predicted molar refractivity (Wildman–Crippen MR) is 61.5 cm³/mol. The lowest BCUT2D eigenvalue weighted by atomic mass is 10.2. The fraction of sp³-hybridized carbons (Fsp3) is 0.455. The Balaban J connectivity index is 2.01. The van der Waals surface area contributed by atoms with Gasteiger partial charge in [-0.25, -0.2) is 4.98 Å². The van der Waals surface area contributed by atoms with Gasteiger partial charge in [-0.1, -0.05) is 0 Å². The summed E-state index contributed by atoms with van der Waals surface area (Å²) in [5.41, 5.74) is 1.65. The summed E-state index contributed by atoms with van der Waals surface area (Å²) >= 11 is 0. The molecule has 0 aromatic carbocycles. The number of aryl methyl sites for hydroxylation is 1. The van der Waals surface area contributed by atoms with Crippen LogP contribution in [0.1, 0.15) is 18.4 Å². The molecule has 0 radical (unpaired) electrons. The van der Waals surface area contributed by atoms with Crippen molar-refractivity contribution in [3.05, 3.63) is 24.0 Å². The van der Waals surface area contributed by atoms with Gasteiger partial charge in [0.05, 0.1) is 0 Å². The number of nitrogens with one attached hydrogen (secondary N) is 1. The van der Waals surface area contributed by atoms with Crippen LogP contribution >= 0.6 is 0 Å². The summed E-state index contributed by atoms with van der Waals surface area (Å²) in [6.45, 7) is 2.15. The van der Waals surface area contributed by atoms with Crippen molar-refractivity contribution in [1.82, 2.24) is 14.6 Å². The summed E-state index contributed by atoms with van der Waals surface area (Å²) in [6.07, 6.45) is -3.44. The highest BCUT2D eigenvalue weighted by atomic mass is 19.4. The van der Waals surface area contributed by atoms with E-state index in [0.29, 0.717) is 11.5 Å². The van der Waals surface area contributed by atoms with Gasteiger partial charge in [0.15, 0.2) is 5.65 Å². The molecule has 0 aliphatic heterocycles. The second kappa shape index (κ2) is 4.83. The first-order chi connectivity index (χ1) is 8.46. The third-order valence-corrected chi connectivity index (χ3v) is 2.47. The van der Waals surface area contributed by atoms with Crippen molar-refractivity contribution in [1.29, 1.82) is 0 Å². The fourth-order valence-corrected chi connectivity index (χ4v) is 1.69. The molecule has 2 aromatic heterocycles. The molecule has 7 heteroatoms. The SMILES string of the molecule is Cc1cc(NCCCC(F)(F)F)n2ncnc2c1. The number of hydrogen-bond donors (Lipinski definition) is 1. The van der Waals surface area contributed by atoms with Gasteiger partial charge in [-0.3, -0.25) is 0 Å². The van der Waals surface area contributed by atoms with E-state index in [0.717, 1.165) is 5.56 Å². The smallest absolute Gasteiger partial charge is 0.370 e. The molecule has 2 rings (SSSR count). The van der Waals surface area contributed by atoms with Crippen LogP contribution in [0.3, 0.4) is 0 Å². The van der Waals surface area contributed by atoms with E-state index in [1.807, 2.05) is 19.1 Å². The number of alkyl halides is 3. The Kier molecular flexibility index (Phi) is 3.40. The van der Waals surface area contributed by atoms with Crippen LogP contribution in [0, 0.1) is 6.92 Å². The van der Waals surface area contributed by atoms with Crippen LogP contribution in [-0.2, 0) is 0 Å². The third kappa shape index (κ3) is 3.12. The van der Waals surface area contributed by atoms with Crippen molar-refractivity contribution in [3.63, 3.8) is 0 Å². The molecule has 0 fully saturated rings. The highest BCUT2D eigenvalue weighted by molar-refractivity contribution is 5.51. The molecular formula is C11H13F3N4. The van der Waals surface area contributed by atoms with Gasteiger partial charge in [0, 0.05) is 13.0 Å². The molecular weight excluding hydrogens is 245 g/mol. The first kappa shape index (κ1) is 12.7. The highest BCUT2D eigenvalue weighted by Crippen LogP contribution is 2.21. The van der Waals surface area contributed by atoms with Crippen LogP contribution in [0.15, 0.2) is 18.5 Å². The maximum absolute atomic E-state index is 12.0. The van der Waals surface area contributed by atoms with E-state index in [-0.39, 0.29) is 13.0 Å². The normalized spacial score (nSPS) is 12.0. The number of pyridine rings is 1. The summed E-state index contributed by atoms with van der Waals surface area (Å²) in [7, 11) is 0. The van der Waals surface area contributed by atoms with Crippen molar-refractivity contribution in [2.75, 3.05) is 11.9 Å². The quantitative estimate of drug-likeness (QED) is 0.857. The molecule has 98 valence electrons. The average molecular weight is 258 g/mol. The Labute approximate surface area is 102 Å². The summed E-state index contributed by atoms with van der Waals surface area (Å²) < 4.78 is 37.6. The Morgan fingerprint density at radius 3 is 2.83 bits per heavy atom. The summed E-state index contributed by atoms with van der Waals surface area (Å²) in [5, 5.41) is 6.96. The lowest BCUT2D eigenvalue weighted by Gasteiger charge is -2.10. The van der Waals surface area contributed by atoms with E-state index < -0.39 is 12.6 Å². The highest BCUT2D eigenvalue weighted by Gasteiger charge is 2.25. The van der Waals surface area contributed by atoms with E-state index in [9.17, 15) is 13.2 Å². The second-order valence-electron chi connectivity index (χ2n) is 4.09. The van der Waals surface area contributed by atoms with Gasteiger partial charge in [-0.05, 0) is 31.0 Å². The van der Waals surface area contributed by atoms with Crippen LogP contribution in [0.25, 0.3) is 5.65 Å². The minimum atomic E-state index is -4.10. The molecule has 0 spiro atoms. The maximum Gasteiger partial charge on any atom is 0.389 e. The van der Waals surface area contributed by atoms with E-state index in [2.05, 4.69) is 15.4 Å². The number of aromatic nitrogens is 3. The molecule has 0 bridgehead atoms. The standard InChI is InChI=1S/C11H13F3N4/c1-8-5-9(15-4-2-3-11(12,13)14)18-10(6-8)16-7-17-18/h5-7,15H,2-4H2,1H3. The Hall–Kier alpha value is -1.79. The van der Waals surface area contributed by atoms with Crippen molar-refractivity contribution in [2.24, 2.45) is 0 Å². The molecule has 0 saturated carbocycles. The zero-order chi connectivity index (χ0) is 13.2. The van der Waals surface area contributed by atoms with E-state index in [1.54, 1.807) is 4.52 Å². The average Bonchev–Trinajstić information content (AvgIpc) is 2.70. The first-order valence-corrected chi connectivity index (χ1v) is 5.57. The summed E-state index contributed by atoms with van der Waals surface area (Å²) in [4.78, 5) is 4.04. The number of halogens is 3. The molecule has 1 N–H and O–H groups in total. The molecule has 0 saturated heterocycles. The monoisotopic (exact) mass is 258 g/mol. The Morgan fingerprint density at radius 1 is 1.33 bits per heavy atom. The van der Waals surface area contributed by atoms with Gasteiger partial charge < -0.3 is 5.32 Å². The fourth-order valence-electron chi connectivity index (χ4n) is 1.69. The molecule has 0 aliphatic rings. The van der Waals surface area contributed by atoms with Crippen LogP contribution in [0.4, 0.5) is 19.0 Å². The summed E-state index contributed by atoms with van der Waals surface area (Å²) in [5.74, 6) is 0.657. The van der Waals surface area contributed by atoms with Crippen molar-refractivity contribution in [2.45, 2.75) is 25.9 Å². The van der Waals surface area contributed by atoms with Crippen molar-refractivity contribution >= 4 is 11.5 Å². The van der Waals surface area contributed by atoms with Gasteiger partial charge >= 0.3 is 6.18 Å². The van der Waals surface area contributed by atoms with Crippen molar-refractivity contribution < 1.29 is 13.2 Å². The first-order valence-electron chi connectivity index (χ1n) is 5.57. The topological polar surface area (TPSA) is 42.2 Å². The Morgan fingerprint density at radius 2 is 2.11 bits per heavy atom. The number of fused-ring (bicyclic) bond motifs is 1. The molecule has 0 amide bonds. The van der Waals surface area contributed by atoms with Crippen LogP contribution in [0.2, 0.25) is 0 Å². The lowest BCUT2D eigenvalue weighted by Crippen LogP contribution is -2.12. The van der Waals surface area contributed by atoms with Gasteiger partial charge in [-0.15, -0.1) is 0 Å². The van der Waals surface area contributed by atoms with Gasteiger partial charge in [0.25, 0.3) is 0 Å². The van der Waals surface area contributed by atoms with Crippen molar-refractivity contribution in [3.8, 4) is 0 Å². The number of anilines is 1. The number of nitrogens with zero attached hydrogens (tertiary/aromatic N) is 3. The molecule has 0 atom stereocenters. The van der Waals surface area contributed by atoms with Crippen LogP contribution in [0.5, 0.6) is 0 Å². The molecule has 4 nitrogen and oxygen atoms in total. The van der Waals surface area contributed by atoms with E-state index in [4.69, 9.17) is 0 Å². The third-order valence-electron chi connectivity index (χ3n) is 2.47. The second-order valence-corrected chi connectivity index (χ2v) is 4.09. The molecule has 2 aromatic rings. The molecule has 2 heterocycles. The maximum atomic E-state index is 12.0. The number of hydrogen-bond acceptors (Lipinski definition) is 3. The summed E-state index contributed by atoms with van der Waals surface area (Å²) in [6, 6.07) is 3.68. The largest absolute Gasteiger partial charge is 0.389 e. The zero-order valence-corrected chi connectivity index (χ0v) is 9.83. The minimum absolute atomic E-state index is 0.0353. The number of rotatable bonds is 4. The van der Waals surface area contributed by atoms with Gasteiger partial charge in [0.2, 0.25) is 0 Å². The van der Waals surface area contributed by atoms with Gasteiger partial charge in [0.1, 0.15) is 12.1 Å². The molecule has 0 aliphatic carbocycles. The lowest BCUT2D eigenvalue weighted by molar-refractivity contribution is -0.134. The zero-order valence-electron chi connectivity index (χ0n) is 9.83. The molecule has 18 heavy (non-hydrogen) atoms. The minimum Gasteiger partial charge on any atom is -0.370 e. The van der Waals surface area contributed by atoms with Gasteiger partial charge in [-0.2, -0.15) is 22.8 Å².